The lowest BCUT2D eigenvalue weighted by Gasteiger charge is -2.32. The Labute approximate surface area is 108 Å². The van der Waals surface area contributed by atoms with E-state index in [0.717, 1.165) is 6.42 Å². The van der Waals surface area contributed by atoms with Crippen molar-refractivity contribution in [2.75, 3.05) is 6.54 Å². The van der Waals surface area contributed by atoms with E-state index in [1.807, 2.05) is 6.92 Å². The maximum absolute atomic E-state index is 12.8. The molecule has 0 aromatic carbocycles. The van der Waals surface area contributed by atoms with Crippen molar-refractivity contribution in [2.24, 2.45) is 0 Å². The topological polar surface area (TPSA) is 69.6 Å². The van der Waals surface area contributed by atoms with Crippen LogP contribution in [0.15, 0.2) is 0 Å². The number of alkyl halides is 3. The third-order valence-electron chi connectivity index (χ3n) is 3.46. The molecule has 1 aliphatic heterocycles. The molecule has 8 heteroatoms. The Morgan fingerprint density at radius 3 is 2.42 bits per heavy atom. The average Bonchev–Trinajstić information content (AvgIpc) is 2.74. The number of nitrogens with zero attached hydrogens (tertiary/aromatic N) is 1. The van der Waals surface area contributed by atoms with Crippen molar-refractivity contribution in [2.45, 2.75) is 50.9 Å². The molecule has 1 saturated heterocycles. The number of hydrogen-bond acceptors (Lipinski definition) is 2. The summed E-state index contributed by atoms with van der Waals surface area (Å²) < 4.78 is 38.3. The standard InChI is InChI=1S/C11H17F3N2O3/c1-3-7-5-4-6-16(7)9(19)15-10(2,8(17)18)11(12,13)14/h7H,3-6H2,1-2H3,(H,15,19)(H,17,18). The van der Waals surface area contributed by atoms with E-state index in [9.17, 15) is 22.8 Å². The molecular weight excluding hydrogens is 265 g/mol. The first kappa shape index (κ1) is 15.6. The zero-order chi connectivity index (χ0) is 14.8. The number of likely N-dealkylation sites (tertiary alicyclic amines) is 1. The predicted octanol–water partition coefficient (Wildman–Crippen LogP) is 1.98. The zero-order valence-corrected chi connectivity index (χ0v) is 10.8. The van der Waals surface area contributed by atoms with Crippen LogP contribution in [0.4, 0.5) is 18.0 Å². The van der Waals surface area contributed by atoms with Gasteiger partial charge in [0, 0.05) is 12.6 Å². The van der Waals surface area contributed by atoms with Crippen molar-refractivity contribution in [1.29, 1.82) is 0 Å². The molecule has 0 radical (unpaired) electrons. The van der Waals surface area contributed by atoms with Gasteiger partial charge in [-0.2, -0.15) is 13.2 Å². The number of nitrogens with one attached hydrogen (secondary N) is 1. The normalized spacial score (nSPS) is 23.0. The fraction of sp³-hybridized carbons (Fsp3) is 0.818. The molecule has 19 heavy (non-hydrogen) atoms. The molecule has 110 valence electrons. The largest absolute Gasteiger partial charge is 0.479 e. The second-order valence-electron chi connectivity index (χ2n) is 4.76. The minimum atomic E-state index is -5.06. The van der Waals surface area contributed by atoms with E-state index in [1.54, 1.807) is 5.32 Å². The van der Waals surface area contributed by atoms with Gasteiger partial charge in [-0.1, -0.05) is 6.92 Å². The molecule has 2 N–H and O–H groups in total. The van der Waals surface area contributed by atoms with E-state index in [1.165, 1.54) is 4.90 Å². The summed E-state index contributed by atoms with van der Waals surface area (Å²) in [4.78, 5) is 23.9. The summed E-state index contributed by atoms with van der Waals surface area (Å²) in [5.74, 6) is -2.12. The summed E-state index contributed by atoms with van der Waals surface area (Å²) in [5, 5.41) is 10.3. The molecule has 0 bridgehead atoms. The van der Waals surface area contributed by atoms with Crippen molar-refractivity contribution in [3.63, 3.8) is 0 Å². The van der Waals surface area contributed by atoms with E-state index in [0.29, 0.717) is 26.3 Å². The molecule has 2 atom stereocenters. The Kier molecular flexibility index (Phi) is 4.32. The molecule has 1 rings (SSSR count). The van der Waals surface area contributed by atoms with Gasteiger partial charge in [0.15, 0.2) is 0 Å². The lowest BCUT2D eigenvalue weighted by Crippen LogP contribution is -2.64. The van der Waals surface area contributed by atoms with Crippen LogP contribution in [-0.2, 0) is 4.79 Å². The molecule has 0 aromatic heterocycles. The van der Waals surface area contributed by atoms with Crippen LogP contribution in [0.1, 0.15) is 33.1 Å². The van der Waals surface area contributed by atoms with Crippen molar-refractivity contribution >= 4 is 12.0 Å². The summed E-state index contributed by atoms with van der Waals surface area (Å²) in [6.07, 6.45) is -3.00. The van der Waals surface area contributed by atoms with Gasteiger partial charge in [-0.25, -0.2) is 9.59 Å². The van der Waals surface area contributed by atoms with Crippen LogP contribution >= 0.6 is 0 Å². The Morgan fingerprint density at radius 2 is 2.00 bits per heavy atom. The van der Waals surface area contributed by atoms with E-state index in [2.05, 4.69) is 0 Å². The summed E-state index contributed by atoms with van der Waals surface area (Å²) in [5.41, 5.74) is -3.27. The second-order valence-corrected chi connectivity index (χ2v) is 4.76. The Balaban J connectivity index is 2.87. The van der Waals surface area contributed by atoms with Gasteiger partial charge in [0.1, 0.15) is 0 Å². The molecule has 0 spiro atoms. The molecule has 1 fully saturated rings. The Hall–Kier alpha value is -1.47. The van der Waals surface area contributed by atoms with Crippen LogP contribution in [-0.4, -0.2) is 46.3 Å². The summed E-state index contributed by atoms with van der Waals surface area (Å²) in [6.45, 7) is 2.62. The molecule has 0 aliphatic carbocycles. The molecule has 2 amide bonds. The van der Waals surface area contributed by atoms with Gasteiger partial charge in [0.05, 0.1) is 0 Å². The average molecular weight is 282 g/mol. The minimum Gasteiger partial charge on any atom is -0.479 e. The van der Waals surface area contributed by atoms with Gasteiger partial charge in [-0.15, -0.1) is 0 Å². The Morgan fingerprint density at radius 1 is 1.42 bits per heavy atom. The molecule has 5 nitrogen and oxygen atoms in total. The lowest BCUT2D eigenvalue weighted by atomic mass is 10.0. The van der Waals surface area contributed by atoms with Crippen molar-refractivity contribution < 1.29 is 27.9 Å². The monoisotopic (exact) mass is 282 g/mol. The fourth-order valence-corrected chi connectivity index (χ4v) is 2.06. The van der Waals surface area contributed by atoms with Crippen LogP contribution < -0.4 is 5.32 Å². The van der Waals surface area contributed by atoms with Gasteiger partial charge in [-0.3, -0.25) is 0 Å². The summed E-state index contributed by atoms with van der Waals surface area (Å²) in [7, 11) is 0. The van der Waals surface area contributed by atoms with Crippen molar-refractivity contribution in [3.05, 3.63) is 0 Å². The van der Waals surface area contributed by atoms with Gasteiger partial charge >= 0.3 is 18.2 Å². The summed E-state index contributed by atoms with van der Waals surface area (Å²) in [6, 6.07) is -1.11. The van der Waals surface area contributed by atoms with E-state index < -0.39 is 23.7 Å². The number of halogens is 3. The van der Waals surface area contributed by atoms with Crippen LogP contribution in [0.2, 0.25) is 0 Å². The number of carboxylic acids is 1. The minimum absolute atomic E-state index is 0.133. The molecule has 2 unspecified atom stereocenters. The quantitative estimate of drug-likeness (QED) is 0.831. The van der Waals surface area contributed by atoms with Crippen LogP contribution in [0.25, 0.3) is 0 Å². The molecule has 0 saturated carbocycles. The highest BCUT2D eigenvalue weighted by molar-refractivity contribution is 5.87. The Bertz CT molecular complexity index is 373. The number of urea groups is 1. The third-order valence-corrected chi connectivity index (χ3v) is 3.46. The number of carboxylic acid groups (broad SMARTS) is 1. The number of rotatable bonds is 3. The van der Waals surface area contributed by atoms with Crippen LogP contribution in [0, 0.1) is 0 Å². The first-order chi connectivity index (χ1) is 8.63. The van der Waals surface area contributed by atoms with Crippen molar-refractivity contribution in [1.82, 2.24) is 10.2 Å². The molecule has 1 aliphatic rings. The van der Waals surface area contributed by atoms with E-state index in [-0.39, 0.29) is 6.04 Å². The van der Waals surface area contributed by atoms with E-state index in [4.69, 9.17) is 5.11 Å². The maximum atomic E-state index is 12.8. The maximum Gasteiger partial charge on any atom is 0.422 e. The van der Waals surface area contributed by atoms with Gasteiger partial charge < -0.3 is 15.3 Å². The SMILES string of the molecule is CCC1CCCN1C(=O)NC(C)(C(=O)O)C(F)(F)F. The first-order valence-electron chi connectivity index (χ1n) is 6.02. The van der Waals surface area contributed by atoms with Crippen LogP contribution in [0.5, 0.6) is 0 Å². The third kappa shape index (κ3) is 2.93. The zero-order valence-electron chi connectivity index (χ0n) is 10.8. The van der Waals surface area contributed by atoms with E-state index >= 15 is 0 Å². The predicted molar refractivity (Wildman–Crippen MR) is 60.6 cm³/mol. The first-order valence-corrected chi connectivity index (χ1v) is 6.02. The number of amides is 2. The second kappa shape index (κ2) is 5.26. The fourth-order valence-electron chi connectivity index (χ4n) is 2.06. The molecular formula is C11H17F3N2O3. The summed E-state index contributed by atoms with van der Waals surface area (Å²) >= 11 is 0. The van der Waals surface area contributed by atoms with Crippen LogP contribution in [0.3, 0.4) is 0 Å². The van der Waals surface area contributed by atoms with Crippen molar-refractivity contribution in [3.8, 4) is 0 Å². The van der Waals surface area contributed by atoms with Gasteiger partial charge in [-0.05, 0) is 26.2 Å². The van der Waals surface area contributed by atoms with Gasteiger partial charge in [0.25, 0.3) is 0 Å². The highest BCUT2D eigenvalue weighted by Gasteiger charge is 2.59. The lowest BCUT2D eigenvalue weighted by molar-refractivity contribution is -0.203. The highest BCUT2D eigenvalue weighted by Crippen LogP contribution is 2.31. The van der Waals surface area contributed by atoms with Gasteiger partial charge in [0.2, 0.25) is 5.54 Å². The molecule has 1 heterocycles. The number of aliphatic carboxylic acids is 1. The number of carbonyl (C=O) groups excluding carboxylic acids is 1. The number of carbonyl (C=O) groups is 2. The number of hydrogen-bond donors (Lipinski definition) is 2. The molecule has 0 aromatic rings. The smallest absolute Gasteiger partial charge is 0.422 e. The highest BCUT2D eigenvalue weighted by atomic mass is 19.4.